The summed E-state index contributed by atoms with van der Waals surface area (Å²) in [5.74, 6) is 1.59. The van der Waals surface area contributed by atoms with Crippen LogP contribution in [0.2, 0.25) is 0 Å². The number of rotatable bonds is 6. The summed E-state index contributed by atoms with van der Waals surface area (Å²) in [6.07, 6.45) is 0. The van der Waals surface area contributed by atoms with Crippen molar-refractivity contribution in [3.63, 3.8) is 0 Å². The fourth-order valence-electron chi connectivity index (χ4n) is 2.71. The number of benzene rings is 2. The van der Waals surface area contributed by atoms with Crippen molar-refractivity contribution in [2.75, 3.05) is 19.2 Å². The first kappa shape index (κ1) is 16.3. The first-order chi connectivity index (χ1) is 11.6. The highest BCUT2D eigenvalue weighted by Crippen LogP contribution is 2.33. The normalized spacial score (nSPS) is 11.9. The Morgan fingerprint density at radius 3 is 2.83 bits per heavy atom. The first-order valence-corrected chi connectivity index (χ1v) is 8.15. The summed E-state index contributed by atoms with van der Waals surface area (Å²) < 4.78 is 10.8. The van der Waals surface area contributed by atoms with Crippen LogP contribution in [0, 0.1) is 6.92 Å². The molecule has 1 N–H and O–H groups in total. The molecule has 0 unspecified atom stereocenters. The average Bonchev–Trinajstić information content (AvgIpc) is 3.02. The molecule has 0 fully saturated rings. The topological polar surface area (TPSA) is 33.7 Å². The van der Waals surface area contributed by atoms with Gasteiger partial charge in [0.25, 0.3) is 0 Å². The van der Waals surface area contributed by atoms with Crippen molar-refractivity contribution in [3.05, 3.63) is 59.7 Å². The fourth-order valence-corrected chi connectivity index (χ4v) is 2.83. The van der Waals surface area contributed by atoms with E-state index in [1.165, 1.54) is 11.1 Å². The van der Waals surface area contributed by atoms with Gasteiger partial charge in [-0.3, -0.25) is 0 Å². The molecule has 0 saturated heterocycles. The third-order valence-corrected chi connectivity index (χ3v) is 4.14. The van der Waals surface area contributed by atoms with Crippen LogP contribution < -0.4 is 14.8 Å². The monoisotopic (exact) mass is 340 g/mol. The zero-order valence-corrected chi connectivity index (χ0v) is 14.7. The lowest BCUT2D eigenvalue weighted by molar-refractivity contribution is 0.174. The van der Waals surface area contributed by atoms with Gasteiger partial charge in [-0.2, -0.15) is 0 Å². The average molecular weight is 340 g/mol. The zero-order valence-electron chi connectivity index (χ0n) is 13.8. The van der Waals surface area contributed by atoms with Crippen LogP contribution in [0.5, 0.6) is 11.5 Å². The van der Waals surface area contributed by atoms with Crippen LogP contribution in [0.15, 0.2) is 43.0 Å². The minimum absolute atomic E-state index is 0.289. The van der Waals surface area contributed by atoms with E-state index >= 15 is 0 Å². The van der Waals surface area contributed by atoms with Crippen LogP contribution in [0.1, 0.15) is 16.7 Å². The standard InChI is InChI=1S/C19H20N2O2S/c1-13-4-6-16(17(8-13)20-11-24)14(2)21(3)10-15-5-7-18-19(9-15)23-12-22-18/h4-9,11H,2,10,12H2,1,3H3,(H,20,24). The highest BCUT2D eigenvalue weighted by Gasteiger charge is 2.15. The highest BCUT2D eigenvalue weighted by atomic mass is 32.1. The quantitative estimate of drug-likeness (QED) is 0.797. The van der Waals surface area contributed by atoms with Gasteiger partial charge in [0.05, 0.1) is 5.49 Å². The minimum Gasteiger partial charge on any atom is -0.454 e. The fraction of sp³-hybridized carbons (Fsp3) is 0.211. The van der Waals surface area contributed by atoms with Gasteiger partial charge in [0, 0.05) is 30.5 Å². The number of hydrogen-bond acceptors (Lipinski definition) is 4. The Bertz CT molecular complexity index is 789. The van der Waals surface area contributed by atoms with E-state index in [0.717, 1.165) is 40.6 Å². The number of fused-ring (bicyclic) bond motifs is 1. The molecule has 0 aromatic heterocycles. The number of anilines is 1. The summed E-state index contributed by atoms with van der Waals surface area (Å²) in [5.41, 5.74) is 6.75. The molecule has 0 bridgehead atoms. The van der Waals surface area contributed by atoms with E-state index in [4.69, 9.17) is 21.7 Å². The molecule has 124 valence electrons. The lowest BCUT2D eigenvalue weighted by Gasteiger charge is -2.24. The van der Waals surface area contributed by atoms with Gasteiger partial charge in [0.15, 0.2) is 11.5 Å². The Kier molecular flexibility index (Phi) is 4.71. The Balaban J connectivity index is 1.78. The van der Waals surface area contributed by atoms with Crippen molar-refractivity contribution in [2.45, 2.75) is 13.5 Å². The molecule has 0 atom stereocenters. The number of ether oxygens (including phenoxy) is 2. The minimum atomic E-state index is 0.289. The van der Waals surface area contributed by atoms with Gasteiger partial charge in [0.1, 0.15) is 0 Å². The predicted molar refractivity (Wildman–Crippen MR) is 102 cm³/mol. The second-order valence-electron chi connectivity index (χ2n) is 5.80. The van der Waals surface area contributed by atoms with E-state index in [9.17, 15) is 0 Å². The Morgan fingerprint density at radius 1 is 1.25 bits per heavy atom. The van der Waals surface area contributed by atoms with Gasteiger partial charge in [0.2, 0.25) is 6.79 Å². The van der Waals surface area contributed by atoms with Crippen LogP contribution in [-0.2, 0) is 6.54 Å². The summed E-state index contributed by atoms with van der Waals surface area (Å²) in [6, 6.07) is 12.2. The molecule has 4 nitrogen and oxygen atoms in total. The highest BCUT2D eigenvalue weighted by molar-refractivity contribution is 7.79. The maximum Gasteiger partial charge on any atom is 0.231 e. The molecule has 3 rings (SSSR count). The molecule has 0 radical (unpaired) electrons. The molecule has 0 amide bonds. The van der Waals surface area contributed by atoms with Gasteiger partial charge in [-0.1, -0.05) is 37.0 Å². The molecular weight excluding hydrogens is 320 g/mol. The molecule has 1 heterocycles. The molecular formula is C19H20N2O2S. The van der Waals surface area contributed by atoms with Crippen molar-refractivity contribution in [1.29, 1.82) is 0 Å². The van der Waals surface area contributed by atoms with Gasteiger partial charge >= 0.3 is 0 Å². The van der Waals surface area contributed by atoms with Crippen LogP contribution in [0.3, 0.4) is 0 Å². The Morgan fingerprint density at radius 2 is 2.04 bits per heavy atom. The number of thiocarbonyl (C=S) groups is 1. The van der Waals surface area contributed by atoms with Gasteiger partial charge in [-0.15, -0.1) is 0 Å². The maximum absolute atomic E-state index is 5.44. The van der Waals surface area contributed by atoms with Gasteiger partial charge in [-0.05, 0) is 36.2 Å². The summed E-state index contributed by atoms with van der Waals surface area (Å²) in [6.45, 7) is 7.31. The Hall–Kier alpha value is -2.53. The molecule has 5 heteroatoms. The van der Waals surface area contributed by atoms with E-state index in [-0.39, 0.29) is 6.79 Å². The molecule has 0 aliphatic carbocycles. The lowest BCUT2D eigenvalue weighted by atomic mass is 10.1. The SMILES string of the molecule is C=C(c1ccc(C)cc1NC=S)N(C)Cc1ccc2c(c1)OCO2. The number of hydrogen-bond donors (Lipinski definition) is 1. The maximum atomic E-state index is 5.44. The number of aryl methyl sites for hydroxylation is 1. The third-order valence-electron chi connectivity index (χ3n) is 4.02. The smallest absolute Gasteiger partial charge is 0.231 e. The molecule has 1 aliphatic rings. The zero-order chi connectivity index (χ0) is 17.1. The van der Waals surface area contributed by atoms with Crippen LogP contribution in [-0.4, -0.2) is 24.2 Å². The molecule has 0 spiro atoms. The molecule has 1 aliphatic heterocycles. The van der Waals surface area contributed by atoms with Crippen molar-refractivity contribution < 1.29 is 9.47 Å². The molecule has 0 saturated carbocycles. The van der Waals surface area contributed by atoms with E-state index in [0.29, 0.717) is 0 Å². The van der Waals surface area contributed by atoms with Crippen molar-refractivity contribution >= 4 is 29.1 Å². The van der Waals surface area contributed by atoms with Crippen molar-refractivity contribution in [2.24, 2.45) is 0 Å². The molecule has 2 aromatic rings. The van der Waals surface area contributed by atoms with E-state index in [1.54, 1.807) is 0 Å². The van der Waals surface area contributed by atoms with Gasteiger partial charge in [-0.25, -0.2) is 0 Å². The Labute approximate surface area is 147 Å². The van der Waals surface area contributed by atoms with Gasteiger partial charge < -0.3 is 19.7 Å². The number of nitrogens with zero attached hydrogens (tertiary/aromatic N) is 1. The van der Waals surface area contributed by atoms with Crippen molar-refractivity contribution in [1.82, 2.24) is 4.90 Å². The second-order valence-corrected chi connectivity index (χ2v) is 6.04. The van der Waals surface area contributed by atoms with E-state index in [1.807, 2.05) is 25.2 Å². The first-order valence-electron chi connectivity index (χ1n) is 7.68. The second kappa shape index (κ2) is 6.93. The third kappa shape index (κ3) is 3.36. The predicted octanol–water partition coefficient (Wildman–Crippen LogP) is 4.20. The van der Waals surface area contributed by atoms with E-state index in [2.05, 4.69) is 41.9 Å². The molecule has 24 heavy (non-hydrogen) atoms. The summed E-state index contributed by atoms with van der Waals surface area (Å²) in [4.78, 5) is 2.11. The summed E-state index contributed by atoms with van der Waals surface area (Å²) in [5, 5.41) is 3.12. The summed E-state index contributed by atoms with van der Waals surface area (Å²) >= 11 is 4.93. The van der Waals surface area contributed by atoms with Crippen LogP contribution in [0.4, 0.5) is 5.69 Å². The lowest BCUT2D eigenvalue weighted by Crippen LogP contribution is -2.16. The van der Waals surface area contributed by atoms with E-state index < -0.39 is 0 Å². The largest absolute Gasteiger partial charge is 0.454 e. The van der Waals surface area contributed by atoms with Crippen LogP contribution >= 0.6 is 12.2 Å². The molecule has 2 aromatic carbocycles. The van der Waals surface area contributed by atoms with Crippen molar-refractivity contribution in [3.8, 4) is 11.5 Å². The number of nitrogens with one attached hydrogen (secondary N) is 1. The van der Waals surface area contributed by atoms with Crippen LogP contribution in [0.25, 0.3) is 5.70 Å². The summed E-state index contributed by atoms with van der Waals surface area (Å²) in [7, 11) is 2.02.